The van der Waals surface area contributed by atoms with Crippen molar-refractivity contribution in [1.29, 1.82) is 0 Å². The number of carbonyl (C=O) groups excluding carboxylic acids is 5. The van der Waals surface area contributed by atoms with Gasteiger partial charge in [-0.05, 0) is 61.6 Å². The lowest BCUT2D eigenvalue weighted by atomic mass is 9.88. The predicted octanol–water partition coefficient (Wildman–Crippen LogP) is 2.81. The quantitative estimate of drug-likeness (QED) is 0.106. The summed E-state index contributed by atoms with van der Waals surface area (Å²) < 4.78 is 25.8. The second-order valence-electron chi connectivity index (χ2n) is 16.0. The second kappa shape index (κ2) is 19.3. The summed E-state index contributed by atoms with van der Waals surface area (Å²) in [6, 6.07) is 9.34. The molecule has 4 aliphatic heterocycles. The summed E-state index contributed by atoms with van der Waals surface area (Å²) in [6.07, 6.45) is 5.68. The maximum absolute atomic E-state index is 13.5. The maximum atomic E-state index is 13.5. The van der Waals surface area contributed by atoms with Gasteiger partial charge >= 0.3 is 0 Å². The minimum atomic E-state index is -1.07. The van der Waals surface area contributed by atoms with Crippen LogP contribution in [0.1, 0.15) is 64.8 Å². The van der Waals surface area contributed by atoms with Gasteiger partial charge in [-0.2, -0.15) is 0 Å². The van der Waals surface area contributed by atoms with E-state index in [4.69, 9.17) is 28.8 Å². The van der Waals surface area contributed by atoms with Gasteiger partial charge in [-0.25, -0.2) is 4.98 Å². The third-order valence-corrected chi connectivity index (χ3v) is 12.2. The fraction of sp³-hybridized carbons (Fsp3) is 0.422. The van der Waals surface area contributed by atoms with E-state index < -0.39 is 35.3 Å². The van der Waals surface area contributed by atoms with Gasteiger partial charge in [-0.15, -0.1) is 0 Å². The smallest absolute Gasteiger partial charge is 0.290 e. The Kier molecular flexibility index (Phi) is 13.6. The van der Waals surface area contributed by atoms with Crippen molar-refractivity contribution in [2.75, 3.05) is 66.0 Å². The highest BCUT2D eigenvalue weighted by atomic mass is 16.5. The van der Waals surface area contributed by atoms with Gasteiger partial charge in [0, 0.05) is 83.0 Å². The first-order valence-electron chi connectivity index (χ1n) is 21.0. The SMILES string of the molecule is CNc1cc2c(=O)n(C)cc(-c3cc(OC)c(CN4CCC5(CC4)CN(C(=O)CCCOc4cccc6c4C(=O)N(C4CCC(=O)NC4=O)C6=O)CCO5)c(OC)c3)c2cn1.O=CO. The molecule has 1 unspecified atom stereocenters. The summed E-state index contributed by atoms with van der Waals surface area (Å²) >= 11 is 0. The average molecular weight is 882 g/mol. The van der Waals surface area contributed by atoms with Gasteiger partial charge in [-0.3, -0.25) is 48.7 Å². The molecule has 338 valence electrons. The number of methoxy groups -OCH3 is 2. The van der Waals surface area contributed by atoms with Gasteiger partial charge in [0.2, 0.25) is 17.7 Å². The van der Waals surface area contributed by atoms with Crippen LogP contribution in [0, 0.1) is 0 Å². The minimum Gasteiger partial charge on any atom is -0.496 e. The average Bonchev–Trinajstić information content (AvgIpc) is 3.55. The molecule has 3 N–H and O–H groups in total. The number of imide groups is 2. The highest BCUT2D eigenvalue weighted by Gasteiger charge is 2.46. The molecule has 64 heavy (non-hydrogen) atoms. The zero-order chi connectivity index (χ0) is 45.7. The van der Waals surface area contributed by atoms with E-state index in [1.807, 2.05) is 17.0 Å². The molecule has 0 aliphatic carbocycles. The summed E-state index contributed by atoms with van der Waals surface area (Å²) in [5.74, 6) is -0.241. The molecule has 0 bridgehead atoms. The van der Waals surface area contributed by atoms with Crippen LogP contribution in [0.25, 0.3) is 21.9 Å². The van der Waals surface area contributed by atoms with Gasteiger partial charge in [0.15, 0.2) is 0 Å². The number of ether oxygens (including phenoxy) is 4. The topological polar surface area (TPSA) is 228 Å². The van der Waals surface area contributed by atoms with Crippen LogP contribution in [-0.4, -0.2) is 138 Å². The highest BCUT2D eigenvalue weighted by Crippen LogP contribution is 2.40. The number of nitrogens with zero attached hydrogens (tertiary/aromatic N) is 5. The molecule has 19 nitrogen and oxygen atoms in total. The van der Waals surface area contributed by atoms with Crippen LogP contribution in [-0.2, 0) is 37.5 Å². The summed E-state index contributed by atoms with van der Waals surface area (Å²) in [4.78, 5) is 95.2. The number of piperidine rings is 2. The summed E-state index contributed by atoms with van der Waals surface area (Å²) in [5.41, 5.74) is 2.19. The van der Waals surface area contributed by atoms with Crippen LogP contribution in [0.3, 0.4) is 0 Å². The Morgan fingerprint density at radius 1 is 1.00 bits per heavy atom. The van der Waals surface area contributed by atoms with Crippen LogP contribution in [0.2, 0.25) is 0 Å². The lowest BCUT2D eigenvalue weighted by Crippen LogP contribution is -2.57. The number of amides is 5. The van der Waals surface area contributed by atoms with Crippen LogP contribution in [0.5, 0.6) is 17.2 Å². The molecule has 2 aromatic carbocycles. The number of hydrogen-bond acceptors (Lipinski definition) is 14. The summed E-state index contributed by atoms with van der Waals surface area (Å²) in [5, 5.41) is 13.4. The Labute approximate surface area is 368 Å². The predicted molar refractivity (Wildman–Crippen MR) is 231 cm³/mol. The Bertz CT molecular complexity index is 2530. The van der Waals surface area contributed by atoms with Crippen molar-refractivity contribution in [3.05, 3.63) is 75.8 Å². The first-order valence-corrected chi connectivity index (χ1v) is 21.0. The molecule has 8 rings (SSSR count). The number of rotatable bonds is 12. The van der Waals surface area contributed by atoms with Crippen LogP contribution in [0.4, 0.5) is 5.82 Å². The van der Waals surface area contributed by atoms with E-state index in [0.29, 0.717) is 55.4 Å². The van der Waals surface area contributed by atoms with Crippen LogP contribution in [0.15, 0.2) is 53.6 Å². The molecule has 0 radical (unpaired) electrons. The number of carboxylic acid groups (broad SMARTS) is 1. The zero-order valence-corrected chi connectivity index (χ0v) is 36.1. The standard InChI is InChI=1S/C44H49N7O10.CH2O2/c1-45-36-21-28-29(22-46-36)30(23-48(2)41(28)55)26-19-34(58-3)31(35(20-26)59-4)24-49-14-12-44(13-15-49)25-50(16-18-61-44)38(53)9-6-17-60-33-8-5-7-27-39(33)43(57)51(42(27)56)32-10-11-37(52)47-40(32)54;2-1-3/h5,7-8,19-23,32H,6,9-18,24-25H2,1-4H3,(H,45,46)(H,47,52,54);1H,(H,2,3). The number of carbonyl (C=O) groups is 6. The fourth-order valence-corrected chi connectivity index (χ4v) is 8.89. The number of morpholine rings is 1. The van der Waals surface area contributed by atoms with E-state index in [0.717, 1.165) is 52.9 Å². The summed E-state index contributed by atoms with van der Waals surface area (Å²) in [7, 11) is 6.76. The molecule has 4 aliphatic rings. The maximum Gasteiger partial charge on any atom is 0.290 e. The van der Waals surface area contributed by atoms with Crippen molar-refractivity contribution in [1.82, 2.24) is 29.6 Å². The van der Waals surface area contributed by atoms with E-state index in [1.54, 1.807) is 63.5 Å². The first-order chi connectivity index (χ1) is 30.8. The van der Waals surface area contributed by atoms with Crippen molar-refractivity contribution in [3.8, 4) is 28.4 Å². The second-order valence-corrected chi connectivity index (χ2v) is 16.0. The van der Waals surface area contributed by atoms with E-state index in [2.05, 4.69) is 20.5 Å². The van der Waals surface area contributed by atoms with E-state index in [-0.39, 0.29) is 60.7 Å². The Morgan fingerprint density at radius 3 is 2.39 bits per heavy atom. The van der Waals surface area contributed by atoms with Crippen molar-refractivity contribution in [3.63, 3.8) is 0 Å². The number of likely N-dealkylation sites (tertiary alicyclic amines) is 1. The molecule has 6 heterocycles. The highest BCUT2D eigenvalue weighted by molar-refractivity contribution is 6.24. The van der Waals surface area contributed by atoms with Crippen molar-refractivity contribution in [2.24, 2.45) is 7.05 Å². The fourth-order valence-electron chi connectivity index (χ4n) is 8.89. The third kappa shape index (κ3) is 8.98. The van der Waals surface area contributed by atoms with Gasteiger partial charge in [-0.1, -0.05) is 6.07 Å². The molecule has 3 saturated heterocycles. The number of aryl methyl sites for hydroxylation is 1. The van der Waals surface area contributed by atoms with Crippen LogP contribution >= 0.6 is 0 Å². The normalized spacial score (nSPS) is 18.3. The molecule has 1 spiro atoms. The number of pyridine rings is 2. The number of benzene rings is 2. The molecule has 0 saturated carbocycles. The van der Waals surface area contributed by atoms with E-state index in [1.165, 1.54) is 6.07 Å². The molecular formula is C45H51N7O12. The Morgan fingerprint density at radius 2 is 1.72 bits per heavy atom. The number of nitrogens with one attached hydrogen (secondary N) is 2. The zero-order valence-electron chi connectivity index (χ0n) is 36.1. The number of anilines is 1. The van der Waals surface area contributed by atoms with Gasteiger partial charge in [0.1, 0.15) is 29.1 Å². The summed E-state index contributed by atoms with van der Waals surface area (Å²) in [6.45, 7) is 3.34. The number of hydrogen-bond donors (Lipinski definition) is 3. The Balaban J connectivity index is 0.00000199. The van der Waals surface area contributed by atoms with Crippen molar-refractivity contribution >= 4 is 52.6 Å². The number of fused-ring (bicyclic) bond motifs is 2. The molecule has 5 amide bonds. The largest absolute Gasteiger partial charge is 0.496 e. The molecule has 3 fully saturated rings. The van der Waals surface area contributed by atoms with E-state index >= 15 is 0 Å². The monoisotopic (exact) mass is 881 g/mol. The Hall–Kier alpha value is -6.86. The van der Waals surface area contributed by atoms with E-state index in [9.17, 15) is 28.8 Å². The molecule has 1 atom stereocenters. The van der Waals surface area contributed by atoms with Gasteiger partial charge < -0.3 is 38.8 Å². The molecule has 2 aromatic heterocycles. The molecule has 19 heteroatoms. The minimum absolute atomic E-state index is 0.0126. The first kappa shape index (κ1) is 45.2. The third-order valence-electron chi connectivity index (χ3n) is 12.2. The van der Waals surface area contributed by atoms with Crippen molar-refractivity contribution < 1.29 is 52.8 Å². The van der Waals surface area contributed by atoms with Crippen LogP contribution < -0.4 is 30.4 Å². The molecular weight excluding hydrogens is 831 g/mol. The number of aromatic nitrogens is 2. The molecule has 4 aromatic rings. The van der Waals surface area contributed by atoms with Gasteiger partial charge in [0.25, 0.3) is 23.8 Å². The van der Waals surface area contributed by atoms with Crippen molar-refractivity contribution in [2.45, 2.75) is 56.7 Å². The lowest BCUT2D eigenvalue weighted by molar-refractivity contribution is -0.160. The van der Waals surface area contributed by atoms with Gasteiger partial charge in [0.05, 0.1) is 55.1 Å². The lowest BCUT2D eigenvalue weighted by Gasteiger charge is -2.47.